The Morgan fingerprint density at radius 1 is 1.19 bits per heavy atom. The summed E-state index contributed by atoms with van der Waals surface area (Å²) in [6.07, 6.45) is 12.9. The highest BCUT2D eigenvalue weighted by Crippen LogP contribution is 2.40. The predicted molar refractivity (Wildman–Crippen MR) is 129 cm³/mol. The van der Waals surface area contributed by atoms with Crippen LogP contribution in [0.15, 0.2) is 58.8 Å². The van der Waals surface area contributed by atoms with E-state index < -0.39 is 0 Å². The van der Waals surface area contributed by atoms with Gasteiger partial charge in [-0.1, -0.05) is 49.1 Å². The summed E-state index contributed by atoms with van der Waals surface area (Å²) in [4.78, 5) is 25.0. The van der Waals surface area contributed by atoms with Crippen LogP contribution in [0.25, 0.3) is 17.0 Å². The lowest BCUT2D eigenvalue weighted by atomic mass is 9.94. The van der Waals surface area contributed by atoms with Crippen molar-refractivity contribution in [1.82, 2.24) is 14.5 Å². The first kappa shape index (κ1) is 20.3. The van der Waals surface area contributed by atoms with E-state index in [0.717, 1.165) is 42.1 Å². The number of halogens is 1. The van der Waals surface area contributed by atoms with Crippen molar-refractivity contribution in [1.29, 1.82) is 0 Å². The molecule has 0 unspecified atom stereocenters. The van der Waals surface area contributed by atoms with Crippen molar-refractivity contribution in [2.75, 3.05) is 0 Å². The lowest BCUT2D eigenvalue weighted by Crippen LogP contribution is -2.40. The Balaban J connectivity index is 1.57. The van der Waals surface area contributed by atoms with E-state index in [1.165, 1.54) is 18.2 Å². The summed E-state index contributed by atoms with van der Waals surface area (Å²) in [7, 11) is 2.03. The lowest BCUT2D eigenvalue weighted by Gasteiger charge is -2.30. The number of amides is 1. The molecule has 1 saturated carbocycles. The molecule has 7 heteroatoms. The predicted octanol–water partition coefficient (Wildman–Crippen LogP) is 6.16. The number of fused-ring (bicyclic) bond motifs is 1. The van der Waals surface area contributed by atoms with Gasteiger partial charge in [0.25, 0.3) is 5.91 Å². The van der Waals surface area contributed by atoms with Gasteiger partial charge in [0.1, 0.15) is 0 Å². The number of thioether (sulfide) groups is 1. The fourth-order valence-electron chi connectivity index (χ4n) is 4.42. The summed E-state index contributed by atoms with van der Waals surface area (Å²) in [5.41, 5.74) is 2.83. The van der Waals surface area contributed by atoms with Crippen LogP contribution in [-0.4, -0.2) is 31.6 Å². The van der Waals surface area contributed by atoms with Gasteiger partial charge in [0.2, 0.25) is 0 Å². The Bertz CT molecular complexity index is 1210. The van der Waals surface area contributed by atoms with E-state index in [1.54, 1.807) is 18.5 Å². The third kappa shape index (κ3) is 3.90. The molecule has 1 aromatic carbocycles. The molecule has 0 radical (unpaired) electrons. The van der Waals surface area contributed by atoms with Crippen LogP contribution in [0.1, 0.15) is 37.7 Å². The molecule has 0 atom stereocenters. The van der Waals surface area contributed by atoms with Gasteiger partial charge in [-0.15, -0.1) is 0 Å². The largest absolute Gasteiger partial charge is 0.350 e. The normalized spacial score (nSPS) is 20.5. The fourth-order valence-corrected chi connectivity index (χ4v) is 5.62. The van der Waals surface area contributed by atoms with E-state index in [2.05, 4.69) is 27.9 Å². The Labute approximate surface area is 190 Å². The minimum Gasteiger partial charge on any atom is -0.350 e. The van der Waals surface area contributed by atoms with Gasteiger partial charge in [-0.25, -0.2) is 4.99 Å². The molecule has 2 aromatic heterocycles. The molecular weight excluding hydrogens is 428 g/mol. The first-order valence-electron chi connectivity index (χ1n) is 10.6. The number of benzene rings is 1. The van der Waals surface area contributed by atoms with Crippen molar-refractivity contribution in [2.45, 2.75) is 38.1 Å². The van der Waals surface area contributed by atoms with Gasteiger partial charge in [0.15, 0.2) is 5.17 Å². The van der Waals surface area contributed by atoms with Gasteiger partial charge in [-0.3, -0.25) is 14.7 Å². The molecule has 3 aromatic rings. The van der Waals surface area contributed by atoms with Crippen molar-refractivity contribution in [3.63, 3.8) is 0 Å². The van der Waals surface area contributed by atoms with Crippen LogP contribution >= 0.6 is 23.4 Å². The molecule has 0 bridgehead atoms. The molecule has 2 aliphatic rings. The van der Waals surface area contributed by atoms with Gasteiger partial charge in [-0.2, -0.15) is 0 Å². The molecule has 1 amide bonds. The Kier molecular flexibility index (Phi) is 5.59. The fraction of sp³-hybridized carbons (Fsp3) is 0.292. The van der Waals surface area contributed by atoms with Crippen molar-refractivity contribution in [3.05, 3.63) is 64.4 Å². The first-order chi connectivity index (χ1) is 15.1. The number of nitrogens with zero attached hydrogens (tertiary/aromatic N) is 4. The number of aryl methyl sites for hydroxylation is 1. The smallest absolute Gasteiger partial charge is 0.267 e. The molecule has 3 heterocycles. The average Bonchev–Trinajstić information content (AvgIpc) is 3.27. The Morgan fingerprint density at radius 2 is 2.00 bits per heavy atom. The SMILES string of the molecule is Cn1cc(/C=C2\SC(=Nc3ccncc3Cl)N(C3CCCCC3)C2=O)c2ccccc21. The van der Waals surface area contributed by atoms with E-state index in [-0.39, 0.29) is 11.9 Å². The highest BCUT2D eigenvalue weighted by atomic mass is 35.5. The molecule has 5 nitrogen and oxygen atoms in total. The number of carbonyl (C=O) groups excluding carboxylic acids is 1. The van der Waals surface area contributed by atoms with Crippen LogP contribution in [0.3, 0.4) is 0 Å². The number of aliphatic imine (C=N–C) groups is 1. The molecule has 31 heavy (non-hydrogen) atoms. The quantitative estimate of drug-likeness (QED) is 0.449. The van der Waals surface area contributed by atoms with Crippen LogP contribution in [0, 0.1) is 0 Å². The number of amidine groups is 1. The Morgan fingerprint density at radius 3 is 2.81 bits per heavy atom. The molecule has 2 fully saturated rings. The number of hydrogen-bond donors (Lipinski definition) is 0. The summed E-state index contributed by atoms with van der Waals surface area (Å²) < 4.78 is 2.09. The second kappa shape index (κ2) is 8.52. The molecular formula is C24H23ClN4OS. The lowest BCUT2D eigenvalue weighted by molar-refractivity contribution is -0.124. The van der Waals surface area contributed by atoms with Crippen LogP contribution in [0.5, 0.6) is 0 Å². The van der Waals surface area contributed by atoms with E-state index in [1.807, 2.05) is 30.2 Å². The monoisotopic (exact) mass is 450 g/mol. The zero-order valence-electron chi connectivity index (χ0n) is 17.3. The molecule has 5 rings (SSSR count). The summed E-state index contributed by atoms with van der Waals surface area (Å²) in [6.45, 7) is 0. The summed E-state index contributed by atoms with van der Waals surface area (Å²) in [5.74, 6) is 0.0359. The molecule has 1 aliphatic carbocycles. The van der Waals surface area contributed by atoms with E-state index in [4.69, 9.17) is 16.6 Å². The Hall–Kier alpha value is -2.57. The van der Waals surface area contributed by atoms with Gasteiger partial charge in [0, 0.05) is 48.1 Å². The van der Waals surface area contributed by atoms with Gasteiger partial charge < -0.3 is 4.57 Å². The van der Waals surface area contributed by atoms with E-state index >= 15 is 0 Å². The minimum atomic E-state index is 0.0359. The maximum absolute atomic E-state index is 13.5. The highest BCUT2D eigenvalue weighted by Gasteiger charge is 2.38. The van der Waals surface area contributed by atoms with Gasteiger partial charge >= 0.3 is 0 Å². The van der Waals surface area contributed by atoms with Crippen LogP contribution in [-0.2, 0) is 11.8 Å². The second-order valence-electron chi connectivity index (χ2n) is 8.01. The summed E-state index contributed by atoms with van der Waals surface area (Å²) in [6, 6.07) is 10.2. The average molecular weight is 451 g/mol. The molecule has 0 spiro atoms. The third-order valence-corrected chi connectivity index (χ3v) is 7.23. The van der Waals surface area contributed by atoms with Crippen molar-refractivity contribution < 1.29 is 4.79 Å². The van der Waals surface area contributed by atoms with Crippen molar-refractivity contribution in [3.8, 4) is 0 Å². The zero-order chi connectivity index (χ0) is 21.4. The number of para-hydroxylation sites is 1. The van der Waals surface area contributed by atoms with Crippen LogP contribution in [0.4, 0.5) is 5.69 Å². The number of carbonyl (C=O) groups is 1. The molecule has 0 N–H and O–H groups in total. The number of hydrogen-bond acceptors (Lipinski definition) is 4. The van der Waals surface area contributed by atoms with Gasteiger partial charge in [0.05, 0.1) is 15.6 Å². The van der Waals surface area contributed by atoms with E-state index in [0.29, 0.717) is 20.8 Å². The second-order valence-corrected chi connectivity index (χ2v) is 9.43. The first-order valence-corrected chi connectivity index (χ1v) is 11.8. The molecule has 1 aliphatic heterocycles. The minimum absolute atomic E-state index is 0.0359. The highest BCUT2D eigenvalue weighted by molar-refractivity contribution is 8.18. The van der Waals surface area contributed by atoms with E-state index in [9.17, 15) is 4.79 Å². The third-order valence-electron chi connectivity index (χ3n) is 5.96. The number of pyridine rings is 1. The van der Waals surface area contributed by atoms with Crippen molar-refractivity contribution >= 4 is 57.1 Å². The van der Waals surface area contributed by atoms with Crippen molar-refractivity contribution in [2.24, 2.45) is 12.0 Å². The summed E-state index contributed by atoms with van der Waals surface area (Å²) in [5, 5.41) is 2.33. The van der Waals surface area contributed by atoms with Gasteiger partial charge in [-0.05, 0) is 42.8 Å². The number of rotatable bonds is 3. The standard InChI is InChI=1S/C24H23ClN4OS/c1-28-15-16(18-9-5-6-10-21(18)28)13-22-23(30)29(17-7-3-2-4-8-17)24(31-22)27-20-11-12-26-14-19(20)25/h5-6,9-15,17H,2-4,7-8H2,1H3/b22-13-,27-24?. The maximum atomic E-state index is 13.5. The zero-order valence-corrected chi connectivity index (χ0v) is 18.9. The topological polar surface area (TPSA) is 50.5 Å². The summed E-state index contributed by atoms with van der Waals surface area (Å²) >= 11 is 7.74. The van der Waals surface area contributed by atoms with Crippen LogP contribution < -0.4 is 0 Å². The van der Waals surface area contributed by atoms with Crippen LogP contribution in [0.2, 0.25) is 5.02 Å². The molecule has 158 valence electrons. The maximum Gasteiger partial charge on any atom is 0.267 e. The number of aromatic nitrogens is 2. The molecule has 1 saturated heterocycles.